The van der Waals surface area contributed by atoms with E-state index in [-0.39, 0.29) is 5.25 Å². The number of carbonyl (C=O) groups is 1. The summed E-state index contributed by atoms with van der Waals surface area (Å²) >= 11 is 1.69. The van der Waals surface area contributed by atoms with Gasteiger partial charge in [0.15, 0.2) is 0 Å². The number of nitrogens with two attached hydrogens (primary N) is 1. The molecule has 0 heterocycles. The summed E-state index contributed by atoms with van der Waals surface area (Å²) in [4.78, 5) is 12.3. The minimum absolute atomic E-state index is 0.252. The summed E-state index contributed by atoms with van der Waals surface area (Å²) in [6, 6.07) is 7.82. The van der Waals surface area contributed by atoms with Crippen molar-refractivity contribution in [2.24, 2.45) is 5.73 Å². The predicted molar refractivity (Wildman–Crippen MR) is 75.7 cm³/mol. The first-order chi connectivity index (χ1) is 9.03. The molecule has 1 saturated carbocycles. The molecule has 2 rings (SSSR count). The Morgan fingerprint density at radius 2 is 2.37 bits per heavy atom. The molecule has 1 aromatic rings. The highest BCUT2D eigenvalue weighted by atomic mass is 32.2. The summed E-state index contributed by atoms with van der Waals surface area (Å²) in [6.07, 6.45) is 2.96. The SMILES string of the molecule is COc1cccc(SC2CCCC(N)(C(=O)O)C2)c1. The van der Waals surface area contributed by atoms with Crippen LogP contribution < -0.4 is 10.5 Å². The number of hydrogen-bond donors (Lipinski definition) is 2. The first-order valence-electron chi connectivity index (χ1n) is 6.36. The fourth-order valence-electron chi connectivity index (χ4n) is 2.42. The van der Waals surface area contributed by atoms with E-state index in [1.54, 1.807) is 18.9 Å². The number of hydrogen-bond acceptors (Lipinski definition) is 4. The van der Waals surface area contributed by atoms with Gasteiger partial charge in [-0.15, -0.1) is 11.8 Å². The topological polar surface area (TPSA) is 72.5 Å². The highest BCUT2D eigenvalue weighted by Crippen LogP contribution is 2.38. The fourth-order valence-corrected chi connectivity index (χ4v) is 3.81. The maximum Gasteiger partial charge on any atom is 0.323 e. The maximum atomic E-state index is 11.2. The predicted octanol–water partition coefficient (Wildman–Crippen LogP) is 2.51. The van der Waals surface area contributed by atoms with E-state index in [0.717, 1.165) is 23.5 Å². The molecule has 1 fully saturated rings. The number of methoxy groups -OCH3 is 1. The Balaban J connectivity index is 2.04. The van der Waals surface area contributed by atoms with Gasteiger partial charge >= 0.3 is 5.97 Å². The van der Waals surface area contributed by atoms with Crippen molar-refractivity contribution in [1.29, 1.82) is 0 Å². The van der Waals surface area contributed by atoms with Gasteiger partial charge in [0, 0.05) is 10.1 Å². The molecule has 2 atom stereocenters. The van der Waals surface area contributed by atoms with Gasteiger partial charge in [0.05, 0.1) is 7.11 Å². The summed E-state index contributed by atoms with van der Waals surface area (Å²) in [5.41, 5.74) is 4.90. The third kappa shape index (κ3) is 3.42. The second-order valence-corrected chi connectivity index (χ2v) is 6.35. The monoisotopic (exact) mass is 281 g/mol. The van der Waals surface area contributed by atoms with Crippen molar-refractivity contribution in [3.63, 3.8) is 0 Å². The van der Waals surface area contributed by atoms with Crippen molar-refractivity contribution in [2.75, 3.05) is 7.11 Å². The number of benzene rings is 1. The smallest absolute Gasteiger partial charge is 0.323 e. The molecule has 1 aromatic carbocycles. The molecule has 2 unspecified atom stereocenters. The molecule has 0 aliphatic heterocycles. The average molecular weight is 281 g/mol. The van der Waals surface area contributed by atoms with Crippen molar-refractivity contribution < 1.29 is 14.6 Å². The molecule has 19 heavy (non-hydrogen) atoms. The molecule has 1 aliphatic rings. The van der Waals surface area contributed by atoms with Gasteiger partial charge in [-0.05, 0) is 43.9 Å². The van der Waals surface area contributed by atoms with Gasteiger partial charge in [0.2, 0.25) is 0 Å². The minimum Gasteiger partial charge on any atom is -0.497 e. The second-order valence-electron chi connectivity index (χ2n) is 4.98. The van der Waals surface area contributed by atoms with E-state index >= 15 is 0 Å². The minimum atomic E-state index is -1.06. The van der Waals surface area contributed by atoms with Crippen LogP contribution in [-0.4, -0.2) is 29.0 Å². The molecule has 1 aliphatic carbocycles. The van der Waals surface area contributed by atoms with Gasteiger partial charge in [0.25, 0.3) is 0 Å². The Morgan fingerprint density at radius 1 is 1.58 bits per heavy atom. The number of thioether (sulfide) groups is 1. The lowest BCUT2D eigenvalue weighted by molar-refractivity contribution is -0.144. The first kappa shape index (κ1) is 14.2. The van der Waals surface area contributed by atoms with E-state index in [1.807, 2.05) is 24.3 Å². The molecule has 4 nitrogen and oxygen atoms in total. The molecule has 0 bridgehead atoms. The molecule has 0 amide bonds. The van der Waals surface area contributed by atoms with Gasteiger partial charge in [-0.2, -0.15) is 0 Å². The number of carboxylic acid groups (broad SMARTS) is 1. The highest BCUT2D eigenvalue weighted by Gasteiger charge is 2.39. The number of carboxylic acids is 1. The zero-order valence-corrected chi connectivity index (χ0v) is 11.8. The van der Waals surface area contributed by atoms with Crippen molar-refractivity contribution in [1.82, 2.24) is 0 Å². The number of ether oxygens (including phenoxy) is 1. The quantitative estimate of drug-likeness (QED) is 0.887. The van der Waals surface area contributed by atoms with Gasteiger partial charge in [-0.3, -0.25) is 4.79 Å². The van der Waals surface area contributed by atoms with Crippen molar-refractivity contribution in [2.45, 2.75) is 41.4 Å². The fraction of sp³-hybridized carbons (Fsp3) is 0.500. The van der Waals surface area contributed by atoms with Crippen LogP contribution in [0.15, 0.2) is 29.2 Å². The molecule has 104 valence electrons. The van der Waals surface area contributed by atoms with Crippen molar-refractivity contribution in [3.8, 4) is 5.75 Å². The van der Waals surface area contributed by atoms with Gasteiger partial charge in [0.1, 0.15) is 11.3 Å². The van der Waals surface area contributed by atoms with Gasteiger partial charge < -0.3 is 15.6 Å². The Kier molecular flexibility index (Phi) is 4.37. The first-order valence-corrected chi connectivity index (χ1v) is 7.24. The molecule has 0 radical (unpaired) electrons. The summed E-state index contributed by atoms with van der Waals surface area (Å²) in [7, 11) is 1.64. The number of rotatable bonds is 4. The Bertz CT molecular complexity index is 466. The van der Waals surface area contributed by atoms with E-state index in [0.29, 0.717) is 12.8 Å². The van der Waals surface area contributed by atoms with Crippen molar-refractivity contribution >= 4 is 17.7 Å². The largest absolute Gasteiger partial charge is 0.497 e. The van der Waals surface area contributed by atoms with Crippen LogP contribution in [0.4, 0.5) is 0 Å². The maximum absolute atomic E-state index is 11.2. The molecule has 3 N–H and O–H groups in total. The average Bonchev–Trinajstić information content (AvgIpc) is 2.39. The lowest BCUT2D eigenvalue weighted by atomic mass is 9.82. The Morgan fingerprint density at radius 3 is 3.05 bits per heavy atom. The molecule has 5 heteroatoms. The van der Waals surface area contributed by atoms with E-state index in [2.05, 4.69) is 0 Å². The molecule has 0 saturated heterocycles. The van der Waals surface area contributed by atoms with Crippen LogP contribution in [0.2, 0.25) is 0 Å². The lowest BCUT2D eigenvalue weighted by Crippen LogP contribution is -2.51. The van der Waals surface area contributed by atoms with Gasteiger partial charge in [-0.1, -0.05) is 6.07 Å². The Labute approximate surface area is 117 Å². The summed E-state index contributed by atoms with van der Waals surface area (Å²) < 4.78 is 5.19. The summed E-state index contributed by atoms with van der Waals surface area (Å²) in [5.74, 6) is -0.0681. The Hall–Kier alpha value is -1.20. The van der Waals surface area contributed by atoms with Gasteiger partial charge in [-0.25, -0.2) is 0 Å². The van der Waals surface area contributed by atoms with Crippen LogP contribution >= 0.6 is 11.8 Å². The summed E-state index contributed by atoms with van der Waals surface area (Å²) in [6.45, 7) is 0. The number of aliphatic carboxylic acids is 1. The molecular weight excluding hydrogens is 262 g/mol. The van der Waals surface area contributed by atoms with Crippen LogP contribution in [0, 0.1) is 0 Å². The van der Waals surface area contributed by atoms with E-state index in [9.17, 15) is 9.90 Å². The normalized spacial score (nSPS) is 26.9. The van der Waals surface area contributed by atoms with E-state index in [4.69, 9.17) is 10.5 Å². The van der Waals surface area contributed by atoms with E-state index < -0.39 is 11.5 Å². The lowest BCUT2D eigenvalue weighted by Gasteiger charge is -2.34. The van der Waals surface area contributed by atoms with Crippen LogP contribution in [0.25, 0.3) is 0 Å². The zero-order valence-electron chi connectivity index (χ0n) is 11.0. The van der Waals surface area contributed by atoms with Crippen LogP contribution in [0.5, 0.6) is 5.75 Å². The third-order valence-electron chi connectivity index (χ3n) is 3.51. The highest BCUT2D eigenvalue weighted by molar-refractivity contribution is 8.00. The molecular formula is C14H19NO3S. The van der Waals surface area contributed by atoms with E-state index in [1.165, 1.54) is 0 Å². The third-order valence-corrected chi connectivity index (χ3v) is 4.77. The molecule has 0 aromatic heterocycles. The van der Waals surface area contributed by atoms with Crippen LogP contribution in [0.3, 0.4) is 0 Å². The standard InChI is InChI=1S/C14H19NO3S/c1-18-10-4-2-5-11(8-10)19-12-6-3-7-14(15,9-12)13(16)17/h2,4-5,8,12H,3,6-7,9,15H2,1H3,(H,16,17). The van der Waals surface area contributed by atoms with Crippen LogP contribution in [-0.2, 0) is 4.79 Å². The second kappa shape index (κ2) is 5.84. The van der Waals surface area contributed by atoms with Crippen LogP contribution in [0.1, 0.15) is 25.7 Å². The molecule has 0 spiro atoms. The van der Waals surface area contributed by atoms with Crippen molar-refractivity contribution in [3.05, 3.63) is 24.3 Å². The zero-order chi connectivity index (χ0) is 13.9. The summed E-state index contributed by atoms with van der Waals surface area (Å²) in [5, 5.41) is 9.46.